The van der Waals surface area contributed by atoms with E-state index in [1.807, 2.05) is 88.4 Å². The van der Waals surface area contributed by atoms with Gasteiger partial charge in [-0.1, -0.05) is 88.4 Å². The maximum Gasteiger partial charge on any atom is 0.326 e. The largest absolute Gasteiger partial charge is 0.480 e. The molecule has 0 aliphatic heterocycles. The standard InChI is InChI=1S/C47H76N10O8/c1-30(2)22-23-34(50)41(58)53-37(21-14-25-49)44(61)55-38(47(64)65)19-11-12-26-52-43(60)36(20-13-24-48)54-45(62)39(27-31(3)4)57-46(63)40(29-33-17-9-6-10-18-33)56-42(59)35(51)28-32-15-7-5-8-16-32/h5-10,15-18,30-31,34-40H,11-14,19-29,48-51H2,1-4H3,(H,52,60)(H,53,58)(H,54,62)(H,55,61)(H,56,59)(H,57,63)(H,64,65)/t34-,35-,36-,37-,38?,39-,40-/m1/s1. The fraction of sp³-hybridized carbons (Fsp3) is 0.596. The summed E-state index contributed by atoms with van der Waals surface area (Å²) in [7, 11) is 0. The Morgan fingerprint density at radius 3 is 1.46 bits per heavy atom. The first-order valence-corrected chi connectivity index (χ1v) is 23.0. The van der Waals surface area contributed by atoms with Crippen molar-refractivity contribution in [1.82, 2.24) is 31.9 Å². The quantitative estimate of drug-likeness (QED) is 0.0456. The Morgan fingerprint density at radius 2 is 0.923 bits per heavy atom. The second-order valence-corrected chi connectivity index (χ2v) is 17.5. The molecule has 18 heteroatoms. The summed E-state index contributed by atoms with van der Waals surface area (Å²) in [5.41, 5.74) is 25.4. The molecule has 2 rings (SSSR count). The molecule has 0 aromatic heterocycles. The maximum atomic E-state index is 14.0. The highest BCUT2D eigenvalue weighted by Gasteiger charge is 2.32. The number of aliphatic carboxylic acids is 1. The van der Waals surface area contributed by atoms with Crippen LogP contribution in [0.4, 0.5) is 0 Å². The molecule has 1 unspecified atom stereocenters. The van der Waals surface area contributed by atoms with Gasteiger partial charge in [0.2, 0.25) is 35.4 Å². The smallest absolute Gasteiger partial charge is 0.326 e. The number of benzene rings is 2. The molecule has 0 saturated heterocycles. The first-order chi connectivity index (χ1) is 30.9. The van der Waals surface area contributed by atoms with Gasteiger partial charge in [-0.05, 0) is 107 Å². The van der Waals surface area contributed by atoms with E-state index in [9.17, 15) is 38.7 Å². The summed E-state index contributed by atoms with van der Waals surface area (Å²) in [6.07, 6.45) is 3.70. The number of unbranched alkanes of at least 4 members (excludes halogenated alkanes) is 1. The zero-order chi connectivity index (χ0) is 48.3. The van der Waals surface area contributed by atoms with Crippen molar-refractivity contribution in [2.75, 3.05) is 19.6 Å². The zero-order valence-electron chi connectivity index (χ0n) is 38.7. The Balaban J connectivity index is 2.07. The number of carbonyl (C=O) groups is 7. The molecule has 7 atom stereocenters. The lowest BCUT2D eigenvalue weighted by atomic mass is 10.00. The summed E-state index contributed by atoms with van der Waals surface area (Å²) in [5.74, 6) is -4.32. The molecule has 0 fully saturated rings. The van der Waals surface area contributed by atoms with Crippen molar-refractivity contribution in [3.8, 4) is 0 Å². The first-order valence-electron chi connectivity index (χ1n) is 23.0. The normalized spacial score (nSPS) is 14.5. The van der Waals surface area contributed by atoms with E-state index < -0.39 is 83.7 Å². The third kappa shape index (κ3) is 22.4. The molecular weight excluding hydrogens is 833 g/mol. The maximum absolute atomic E-state index is 14.0. The average Bonchev–Trinajstić information content (AvgIpc) is 3.27. The van der Waals surface area contributed by atoms with E-state index in [1.54, 1.807) is 0 Å². The molecule has 0 radical (unpaired) electrons. The minimum atomic E-state index is -1.26. The second-order valence-electron chi connectivity index (χ2n) is 17.5. The van der Waals surface area contributed by atoms with Crippen molar-refractivity contribution >= 4 is 41.4 Å². The number of amides is 6. The van der Waals surface area contributed by atoms with E-state index in [2.05, 4.69) is 31.9 Å². The molecule has 2 aromatic carbocycles. The highest BCUT2D eigenvalue weighted by Crippen LogP contribution is 2.12. The average molecular weight is 909 g/mol. The van der Waals surface area contributed by atoms with Crippen molar-refractivity contribution in [2.45, 2.75) is 147 Å². The van der Waals surface area contributed by atoms with Gasteiger partial charge in [-0.2, -0.15) is 0 Å². The molecule has 0 bridgehead atoms. The summed E-state index contributed by atoms with van der Waals surface area (Å²) in [5, 5.41) is 26.3. The summed E-state index contributed by atoms with van der Waals surface area (Å²) in [6, 6.07) is 11.2. The van der Waals surface area contributed by atoms with Gasteiger partial charge in [0.25, 0.3) is 0 Å². The van der Waals surface area contributed by atoms with Crippen LogP contribution in [0.3, 0.4) is 0 Å². The predicted octanol–water partition coefficient (Wildman–Crippen LogP) is 0.882. The van der Waals surface area contributed by atoms with Gasteiger partial charge in [0.15, 0.2) is 0 Å². The lowest BCUT2D eigenvalue weighted by Crippen LogP contribution is -2.58. The number of hydrogen-bond acceptors (Lipinski definition) is 11. The van der Waals surface area contributed by atoms with Crippen molar-refractivity contribution in [3.05, 3.63) is 71.8 Å². The summed E-state index contributed by atoms with van der Waals surface area (Å²) < 4.78 is 0. The van der Waals surface area contributed by atoms with Gasteiger partial charge in [-0.15, -0.1) is 0 Å². The SMILES string of the molecule is CC(C)CC[C@@H](N)C(=O)N[C@H](CCCN)C(=O)NC(CCCCNC(=O)[C@@H](CCCN)NC(=O)[C@@H](CC(C)C)NC(=O)[C@@H](Cc1ccccc1)NC(=O)[C@H](N)Cc1ccccc1)C(=O)O. The summed E-state index contributed by atoms with van der Waals surface area (Å²) in [4.78, 5) is 92.8. The minimum absolute atomic E-state index is 0.0387. The number of hydrogen-bond donors (Lipinski definition) is 11. The zero-order valence-corrected chi connectivity index (χ0v) is 38.7. The van der Waals surface area contributed by atoms with Crippen molar-refractivity contribution in [3.63, 3.8) is 0 Å². The van der Waals surface area contributed by atoms with Gasteiger partial charge in [0.05, 0.1) is 12.1 Å². The van der Waals surface area contributed by atoms with Crippen LogP contribution >= 0.6 is 0 Å². The summed E-state index contributed by atoms with van der Waals surface area (Å²) in [6.45, 7) is 8.46. The number of nitrogens with two attached hydrogens (primary N) is 4. The van der Waals surface area contributed by atoms with E-state index in [0.717, 1.165) is 17.5 Å². The first kappa shape index (κ1) is 55.7. The van der Waals surface area contributed by atoms with Gasteiger partial charge in [0.1, 0.15) is 30.2 Å². The van der Waals surface area contributed by atoms with Gasteiger partial charge in [0, 0.05) is 13.0 Å². The molecule has 65 heavy (non-hydrogen) atoms. The third-order valence-corrected chi connectivity index (χ3v) is 10.8. The fourth-order valence-corrected chi connectivity index (χ4v) is 6.99. The van der Waals surface area contributed by atoms with Crippen molar-refractivity contribution in [2.24, 2.45) is 34.8 Å². The number of rotatable bonds is 32. The Hall–Kier alpha value is -5.43. The van der Waals surface area contributed by atoms with E-state index in [1.165, 1.54) is 0 Å². The van der Waals surface area contributed by atoms with Crippen LogP contribution in [0.25, 0.3) is 0 Å². The van der Waals surface area contributed by atoms with Crippen LogP contribution in [-0.4, -0.2) is 108 Å². The van der Waals surface area contributed by atoms with Crippen LogP contribution in [-0.2, 0) is 46.4 Å². The number of carboxylic acids is 1. The topological polar surface area (TPSA) is 316 Å². The van der Waals surface area contributed by atoms with Gasteiger partial charge >= 0.3 is 5.97 Å². The molecule has 0 heterocycles. The van der Waals surface area contributed by atoms with Crippen molar-refractivity contribution < 1.29 is 38.7 Å². The lowest BCUT2D eigenvalue weighted by molar-refractivity contribution is -0.142. The second kappa shape index (κ2) is 30.7. The Labute approximate surface area is 384 Å². The van der Waals surface area contributed by atoms with Gasteiger partial charge in [-0.3, -0.25) is 28.8 Å². The molecule has 15 N–H and O–H groups in total. The Bertz CT molecular complexity index is 1770. The van der Waals surface area contributed by atoms with Crippen molar-refractivity contribution in [1.29, 1.82) is 0 Å². The van der Waals surface area contributed by atoms with Gasteiger partial charge in [-0.25, -0.2) is 4.79 Å². The van der Waals surface area contributed by atoms with Crippen LogP contribution in [0.15, 0.2) is 60.7 Å². The molecule has 2 aromatic rings. The number of carboxylic acid groups (broad SMARTS) is 1. The summed E-state index contributed by atoms with van der Waals surface area (Å²) >= 11 is 0. The Morgan fingerprint density at radius 1 is 0.477 bits per heavy atom. The molecule has 362 valence electrons. The van der Waals surface area contributed by atoms with E-state index >= 15 is 0 Å². The molecule has 0 saturated carbocycles. The van der Waals surface area contributed by atoms with Crippen LogP contribution in [0, 0.1) is 11.8 Å². The van der Waals surface area contributed by atoms with E-state index in [-0.39, 0.29) is 64.1 Å². The molecule has 0 spiro atoms. The molecule has 6 amide bonds. The molecule has 18 nitrogen and oxygen atoms in total. The van der Waals surface area contributed by atoms with Crippen LogP contribution in [0.2, 0.25) is 0 Å². The fourth-order valence-electron chi connectivity index (χ4n) is 6.99. The highest BCUT2D eigenvalue weighted by atomic mass is 16.4. The Kier molecular flexibility index (Phi) is 26.3. The van der Waals surface area contributed by atoms with E-state index in [4.69, 9.17) is 22.9 Å². The molecule has 0 aliphatic rings. The predicted molar refractivity (Wildman–Crippen MR) is 250 cm³/mol. The lowest BCUT2D eigenvalue weighted by Gasteiger charge is -2.27. The molecular formula is C47H76N10O8. The number of carbonyl (C=O) groups excluding carboxylic acids is 6. The van der Waals surface area contributed by atoms with E-state index in [0.29, 0.717) is 38.0 Å². The third-order valence-electron chi connectivity index (χ3n) is 10.8. The van der Waals surface area contributed by atoms with Crippen LogP contribution in [0.5, 0.6) is 0 Å². The van der Waals surface area contributed by atoms with Crippen LogP contribution in [0.1, 0.15) is 103 Å². The monoisotopic (exact) mass is 909 g/mol. The minimum Gasteiger partial charge on any atom is -0.480 e. The number of nitrogens with one attached hydrogen (secondary N) is 6. The molecule has 0 aliphatic carbocycles. The highest BCUT2D eigenvalue weighted by molar-refractivity contribution is 5.95. The van der Waals surface area contributed by atoms with Crippen LogP contribution < -0.4 is 54.8 Å². The van der Waals surface area contributed by atoms with Gasteiger partial charge < -0.3 is 59.9 Å².